The molecule has 144 valence electrons. The third-order valence-corrected chi connectivity index (χ3v) is 3.95. The van der Waals surface area contributed by atoms with Gasteiger partial charge in [0.15, 0.2) is 0 Å². The van der Waals surface area contributed by atoms with Crippen molar-refractivity contribution < 1.29 is 14.7 Å². The van der Waals surface area contributed by atoms with Crippen molar-refractivity contribution in [1.82, 2.24) is 10.7 Å². The zero-order valence-electron chi connectivity index (χ0n) is 15.4. The average molecular weight is 385 g/mol. The Morgan fingerprint density at radius 2 is 1.45 bits per heavy atom. The number of hydrogen-bond acceptors (Lipinski definition) is 4. The summed E-state index contributed by atoms with van der Waals surface area (Å²) in [5.74, 6) is -0.958. The number of phenolic OH excluding ortho intramolecular Hbond substituents is 1. The van der Waals surface area contributed by atoms with Crippen molar-refractivity contribution in [2.75, 3.05) is 0 Å². The second kappa shape index (κ2) is 9.66. The van der Waals surface area contributed by atoms with Gasteiger partial charge in [-0.25, -0.2) is 5.43 Å². The number of carbonyl (C=O) groups excluding carboxylic acids is 2. The van der Waals surface area contributed by atoms with Gasteiger partial charge < -0.3 is 10.4 Å². The van der Waals surface area contributed by atoms with Gasteiger partial charge in [-0.1, -0.05) is 60.7 Å². The molecule has 0 saturated heterocycles. The maximum atomic E-state index is 12.6. The zero-order valence-corrected chi connectivity index (χ0v) is 15.4. The SMILES string of the molecule is O=C(N/N=C/c1ccccc1O)C(=Cc1ccccc1)NC(=O)c1ccccc1. The number of aromatic hydroxyl groups is 1. The Morgan fingerprint density at radius 3 is 2.14 bits per heavy atom. The molecule has 29 heavy (non-hydrogen) atoms. The van der Waals surface area contributed by atoms with E-state index in [1.165, 1.54) is 12.3 Å². The smallest absolute Gasteiger partial charge is 0.287 e. The number of phenols is 1. The van der Waals surface area contributed by atoms with E-state index < -0.39 is 11.8 Å². The maximum absolute atomic E-state index is 12.6. The molecule has 2 amide bonds. The molecule has 3 N–H and O–H groups in total. The van der Waals surface area contributed by atoms with Crippen LogP contribution in [-0.2, 0) is 4.79 Å². The van der Waals surface area contributed by atoms with Crippen LogP contribution in [0.1, 0.15) is 21.5 Å². The summed E-state index contributed by atoms with van der Waals surface area (Å²) in [5.41, 5.74) is 4.04. The standard InChI is InChI=1S/C23H19N3O3/c27-21-14-8-7-13-19(21)16-24-26-23(29)20(15-17-9-3-1-4-10-17)25-22(28)18-11-5-2-6-12-18/h1-16,27H,(H,25,28)(H,26,29)/b20-15?,24-16+. The summed E-state index contributed by atoms with van der Waals surface area (Å²) in [6.45, 7) is 0. The van der Waals surface area contributed by atoms with Crippen molar-refractivity contribution in [3.8, 4) is 5.75 Å². The van der Waals surface area contributed by atoms with Gasteiger partial charge in [-0.3, -0.25) is 9.59 Å². The molecule has 0 spiro atoms. The van der Waals surface area contributed by atoms with Crippen molar-refractivity contribution in [1.29, 1.82) is 0 Å². The van der Waals surface area contributed by atoms with Gasteiger partial charge in [-0.15, -0.1) is 0 Å². The Kier molecular flexibility index (Phi) is 6.52. The first-order valence-corrected chi connectivity index (χ1v) is 8.88. The molecule has 0 saturated carbocycles. The molecule has 6 heteroatoms. The number of hydrogen-bond donors (Lipinski definition) is 3. The number of nitrogens with zero attached hydrogens (tertiary/aromatic N) is 1. The Morgan fingerprint density at radius 1 is 0.828 bits per heavy atom. The van der Waals surface area contributed by atoms with E-state index in [1.54, 1.807) is 54.6 Å². The van der Waals surface area contributed by atoms with Crippen molar-refractivity contribution in [2.45, 2.75) is 0 Å². The third-order valence-electron chi connectivity index (χ3n) is 3.95. The lowest BCUT2D eigenvalue weighted by Crippen LogP contribution is -2.32. The van der Waals surface area contributed by atoms with Crippen molar-refractivity contribution in [2.24, 2.45) is 5.10 Å². The summed E-state index contributed by atoms with van der Waals surface area (Å²) in [4.78, 5) is 25.1. The van der Waals surface area contributed by atoms with Crippen LogP contribution in [0, 0.1) is 0 Å². The summed E-state index contributed by atoms with van der Waals surface area (Å²) in [7, 11) is 0. The lowest BCUT2D eigenvalue weighted by Gasteiger charge is -2.09. The fourth-order valence-corrected chi connectivity index (χ4v) is 2.48. The van der Waals surface area contributed by atoms with E-state index in [1.807, 2.05) is 30.3 Å². The highest BCUT2D eigenvalue weighted by molar-refractivity contribution is 6.05. The van der Waals surface area contributed by atoms with Crippen LogP contribution >= 0.6 is 0 Å². The number of hydrazone groups is 1. The molecule has 0 atom stereocenters. The summed E-state index contributed by atoms with van der Waals surface area (Å²) >= 11 is 0. The van der Waals surface area contributed by atoms with Crippen molar-refractivity contribution >= 4 is 24.1 Å². The van der Waals surface area contributed by atoms with Crippen LogP contribution < -0.4 is 10.7 Å². The molecule has 0 aromatic heterocycles. The highest BCUT2D eigenvalue weighted by Crippen LogP contribution is 2.12. The topological polar surface area (TPSA) is 90.8 Å². The molecule has 3 aromatic carbocycles. The number of para-hydroxylation sites is 1. The Hall–Kier alpha value is -4.19. The van der Waals surface area contributed by atoms with Crippen LogP contribution in [0.4, 0.5) is 0 Å². The largest absolute Gasteiger partial charge is 0.507 e. The normalized spacial score (nSPS) is 11.2. The fraction of sp³-hybridized carbons (Fsp3) is 0. The molecule has 0 unspecified atom stereocenters. The maximum Gasteiger partial charge on any atom is 0.287 e. The van der Waals surface area contributed by atoms with E-state index in [9.17, 15) is 14.7 Å². The third kappa shape index (κ3) is 5.64. The van der Waals surface area contributed by atoms with Gasteiger partial charge in [0, 0.05) is 11.1 Å². The predicted octanol–water partition coefficient (Wildman–Crippen LogP) is 3.31. The summed E-state index contributed by atoms with van der Waals surface area (Å²) < 4.78 is 0. The Labute approximate surface area is 168 Å². The summed E-state index contributed by atoms with van der Waals surface area (Å²) in [6.07, 6.45) is 2.89. The van der Waals surface area contributed by atoms with Gasteiger partial charge in [0.2, 0.25) is 0 Å². The molecule has 6 nitrogen and oxygen atoms in total. The van der Waals surface area contributed by atoms with Crippen molar-refractivity contribution in [3.05, 3.63) is 107 Å². The second-order valence-corrected chi connectivity index (χ2v) is 6.05. The molecule has 0 aliphatic carbocycles. The van der Waals surface area contributed by atoms with E-state index >= 15 is 0 Å². The minimum absolute atomic E-state index is 0.0412. The monoisotopic (exact) mass is 385 g/mol. The van der Waals surface area contributed by atoms with Crippen molar-refractivity contribution in [3.63, 3.8) is 0 Å². The quantitative estimate of drug-likeness (QED) is 0.345. The van der Waals surface area contributed by atoms with Crippen LogP contribution in [-0.4, -0.2) is 23.1 Å². The van der Waals surface area contributed by atoms with Crippen LogP contribution in [0.25, 0.3) is 6.08 Å². The lowest BCUT2D eigenvalue weighted by atomic mass is 10.1. The zero-order chi connectivity index (χ0) is 20.5. The number of rotatable bonds is 6. The van der Waals surface area contributed by atoms with E-state index in [2.05, 4.69) is 15.8 Å². The van der Waals surface area contributed by atoms with E-state index in [0.29, 0.717) is 11.1 Å². The number of benzene rings is 3. The van der Waals surface area contributed by atoms with Gasteiger partial charge >= 0.3 is 0 Å². The summed E-state index contributed by atoms with van der Waals surface area (Å²) in [6, 6.07) is 24.3. The van der Waals surface area contributed by atoms with E-state index in [-0.39, 0.29) is 11.4 Å². The summed E-state index contributed by atoms with van der Waals surface area (Å²) in [5, 5.41) is 16.2. The van der Waals surface area contributed by atoms with Crippen LogP contribution in [0.5, 0.6) is 5.75 Å². The number of nitrogens with one attached hydrogen (secondary N) is 2. The second-order valence-electron chi connectivity index (χ2n) is 6.05. The fourth-order valence-electron chi connectivity index (χ4n) is 2.48. The van der Waals surface area contributed by atoms with Gasteiger partial charge in [-0.2, -0.15) is 5.10 Å². The van der Waals surface area contributed by atoms with E-state index in [4.69, 9.17) is 0 Å². The van der Waals surface area contributed by atoms with Crippen LogP contribution in [0.2, 0.25) is 0 Å². The first kappa shape index (κ1) is 19.6. The molecule has 3 rings (SSSR count). The molecular formula is C23H19N3O3. The minimum Gasteiger partial charge on any atom is -0.507 e. The highest BCUT2D eigenvalue weighted by atomic mass is 16.3. The highest BCUT2D eigenvalue weighted by Gasteiger charge is 2.14. The van der Waals surface area contributed by atoms with E-state index in [0.717, 1.165) is 5.56 Å². The Bertz CT molecular complexity index is 1050. The van der Waals surface area contributed by atoms with Gasteiger partial charge in [0.1, 0.15) is 11.4 Å². The van der Waals surface area contributed by atoms with Gasteiger partial charge in [0.25, 0.3) is 11.8 Å². The molecule has 0 aliphatic heterocycles. The molecule has 0 heterocycles. The van der Waals surface area contributed by atoms with Gasteiger partial charge in [-0.05, 0) is 35.9 Å². The molecule has 0 aliphatic rings. The van der Waals surface area contributed by atoms with Crippen LogP contribution in [0.3, 0.4) is 0 Å². The first-order valence-electron chi connectivity index (χ1n) is 8.88. The predicted molar refractivity (Wildman–Crippen MR) is 112 cm³/mol. The first-order chi connectivity index (χ1) is 14.1. The molecule has 0 fully saturated rings. The Balaban J connectivity index is 1.79. The average Bonchev–Trinajstić information content (AvgIpc) is 2.76. The molecular weight excluding hydrogens is 366 g/mol. The van der Waals surface area contributed by atoms with Gasteiger partial charge in [0.05, 0.1) is 6.21 Å². The lowest BCUT2D eigenvalue weighted by molar-refractivity contribution is -0.117. The molecule has 0 bridgehead atoms. The number of carbonyl (C=O) groups is 2. The number of amides is 2. The molecule has 0 radical (unpaired) electrons. The molecule has 3 aromatic rings. The minimum atomic E-state index is -0.593. The van der Waals surface area contributed by atoms with Crippen LogP contribution in [0.15, 0.2) is 95.7 Å².